The number of carbonyl (C=O) groups is 3. The van der Waals surface area contributed by atoms with Crippen LogP contribution in [0.15, 0.2) is 22.8 Å². The Hall–Kier alpha value is -2.11. The monoisotopic (exact) mass is 319 g/mol. The van der Waals surface area contributed by atoms with E-state index in [9.17, 15) is 14.4 Å². The minimum Gasteiger partial charge on any atom is -0.459 e. The first-order chi connectivity index (χ1) is 11.1. The van der Waals surface area contributed by atoms with Crippen molar-refractivity contribution in [1.82, 2.24) is 5.32 Å². The first-order valence-corrected chi connectivity index (χ1v) is 8.14. The molecule has 1 saturated carbocycles. The molecular weight excluding hydrogens is 298 g/mol. The third kappa shape index (κ3) is 3.46. The van der Waals surface area contributed by atoms with Gasteiger partial charge in [0.15, 0.2) is 5.76 Å². The normalized spacial score (nSPS) is 25.4. The molecule has 1 aliphatic carbocycles. The van der Waals surface area contributed by atoms with Crippen LogP contribution in [0, 0.1) is 5.92 Å². The Kier molecular flexibility index (Phi) is 4.50. The summed E-state index contributed by atoms with van der Waals surface area (Å²) in [5, 5.41) is 2.77. The number of furan rings is 1. The molecule has 0 bridgehead atoms. The van der Waals surface area contributed by atoms with Gasteiger partial charge in [-0.25, -0.2) is 0 Å². The van der Waals surface area contributed by atoms with E-state index < -0.39 is 11.6 Å². The van der Waals surface area contributed by atoms with Crippen molar-refractivity contribution in [3.05, 3.63) is 24.2 Å². The third-order valence-corrected chi connectivity index (χ3v) is 4.83. The lowest BCUT2D eigenvalue weighted by molar-refractivity contribution is -0.178. The smallest absolute Gasteiger partial charge is 0.313 e. The van der Waals surface area contributed by atoms with Gasteiger partial charge < -0.3 is 14.5 Å². The van der Waals surface area contributed by atoms with Crippen molar-refractivity contribution in [3.8, 4) is 0 Å². The largest absolute Gasteiger partial charge is 0.459 e. The molecular formula is C17H21NO5. The molecule has 6 nitrogen and oxygen atoms in total. The highest BCUT2D eigenvalue weighted by atomic mass is 16.6. The van der Waals surface area contributed by atoms with Crippen molar-refractivity contribution in [2.45, 2.75) is 50.5 Å². The summed E-state index contributed by atoms with van der Waals surface area (Å²) in [5.41, 5.74) is -0.751. The van der Waals surface area contributed by atoms with Crippen LogP contribution in [0.5, 0.6) is 0 Å². The molecule has 0 aromatic carbocycles. The number of amides is 1. The van der Waals surface area contributed by atoms with E-state index in [1.54, 1.807) is 12.1 Å². The maximum absolute atomic E-state index is 11.9. The molecule has 1 atom stereocenters. The second kappa shape index (κ2) is 6.56. The fraction of sp³-hybridized carbons (Fsp3) is 0.588. The second-order valence-corrected chi connectivity index (χ2v) is 6.40. The van der Waals surface area contributed by atoms with Gasteiger partial charge in [-0.2, -0.15) is 0 Å². The molecule has 1 aliphatic heterocycles. The number of nitrogens with one attached hydrogen (secondary N) is 1. The Bertz CT molecular complexity index is 570. The van der Waals surface area contributed by atoms with E-state index in [1.165, 1.54) is 6.26 Å². The SMILES string of the molecule is O=C1CC(=O)OC(CCNC(=O)c2ccco2)(C2CCCC2)C1. The van der Waals surface area contributed by atoms with Crippen molar-refractivity contribution >= 4 is 17.7 Å². The summed E-state index contributed by atoms with van der Waals surface area (Å²) in [6.07, 6.45) is 6.15. The molecule has 1 unspecified atom stereocenters. The van der Waals surface area contributed by atoms with Crippen molar-refractivity contribution in [2.24, 2.45) is 5.92 Å². The van der Waals surface area contributed by atoms with Gasteiger partial charge in [0.2, 0.25) is 0 Å². The zero-order valence-corrected chi connectivity index (χ0v) is 13.0. The summed E-state index contributed by atoms with van der Waals surface area (Å²) in [6, 6.07) is 3.24. The Morgan fingerprint density at radius 1 is 1.30 bits per heavy atom. The molecule has 0 spiro atoms. The number of ether oxygens (including phenoxy) is 1. The van der Waals surface area contributed by atoms with Crippen molar-refractivity contribution in [3.63, 3.8) is 0 Å². The van der Waals surface area contributed by atoms with E-state index in [0.29, 0.717) is 13.0 Å². The molecule has 1 saturated heterocycles. The van der Waals surface area contributed by atoms with E-state index in [1.807, 2.05) is 0 Å². The molecule has 1 aromatic heterocycles. The number of carbonyl (C=O) groups excluding carboxylic acids is 3. The molecule has 6 heteroatoms. The van der Waals surface area contributed by atoms with Crippen LogP contribution < -0.4 is 5.32 Å². The van der Waals surface area contributed by atoms with E-state index in [0.717, 1.165) is 25.7 Å². The summed E-state index contributed by atoms with van der Waals surface area (Å²) in [5.74, 6) is -0.353. The fourth-order valence-corrected chi connectivity index (χ4v) is 3.76. The van der Waals surface area contributed by atoms with E-state index in [-0.39, 0.29) is 36.2 Å². The standard InChI is InChI=1S/C17H21NO5/c19-13-10-15(20)23-17(11-13,12-4-1-2-5-12)7-8-18-16(21)14-6-3-9-22-14/h3,6,9,12H,1-2,4-5,7-8,10-11H2,(H,18,21). The summed E-state index contributed by atoms with van der Waals surface area (Å²) in [4.78, 5) is 35.6. The van der Waals surface area contributed by atoms with Crippen LogP contribution in [0.2, 0.25) is 0 Å². The molecule has 1 aromatic rings. The highest BCUT2D eigenvalue weighted by molar-refractivity contribution is 5.98. The fourth-order valence-electron chi connectivity index (χ4n) is 3.76. The van der Waals surface area contributed by atoms with Crippen LogP contribution in [-0.2, 0) is 14.3 Å². The van der Waals surface area contributed by atoms with Gasteiger partial charge in [-0.3, -0.25) is 14.4 Å². The van der Waals surface area contributed by atoms with E-state index in [4.69, 9.17) is 9.15 Å². The minimum atomic E-state index is -0.751. The molecule has 23 heavy (non-hydrogen) atoms. The molecule has 3 rings (SSSR count). The first-order valence-electron chi connectivity index (χ1n) is 8.14. The van der Waals surface area contributed by atoms with Crippen LogP contribution in [0.3, 0.4) is 0 Å². The Morgan fingerprint density at radius 2 is 2.09 bits per heavy atom. The summed E-state index contributed by atoms with van der Waals surface area (Å²) < 4.78 is 10.7. The maximum atomic E-state index is 11.9. The third-order valence-electron chi connectivity index (χ3n) is 4.83. The van der Waals surface area contributed by atoms with Gasteiger partial charge in [-0.15, -0.1) is 0 Å². The Labute approximate surface area is 134 Å². The van der Waals surface area contributed by atoms with Crippen molar-refractivity contribution in [2.75, 3.05) is 6.54 Å². The highest BCUT2D eigenvalue weighted by Gasteiger charge is 2.47. The summed E-state index contributed by atoms with van der Waals surface area (Å²) in [6.45, 7) is 0.344. The lowest BCUT2D eigenvalue weighted by atomic mass is 9.77. The number of ketones is 1. The number of hydrogen-bond acceptors (Lipinski definition) is 5. The van der Waals surface area contributed by atoms with Crippen LogP contribution in [0.25, 0.3) is 0 Å². The average Bonchev–Trinajstić information content (AvgIpc) is 3.20. The van der Waals surface area contributed by atoms with Gasteiger partial charge in [0, 0.05) is 19.4 Å². The minimum absolute atomic E-state index is 0.0643. The number of cyclic esters (lactones) is 1. The highest BCUT2D eigenvalue weighted by Crippen LogP contribution is 2.43. The Morgan fingerprint density at radius 3 is 2.74 bits per heavy atom. The second-order valence-electron chi connectivity index (χ2n) is 6.40. The number of Topliss-reactive ketones (excluding diaryl/α,β-unsaturated/α-hetero) is 1. The van der Waals surface area contributed by atoms with Crippen LogP contribution in [0.1, 0.15) is 55.5 Å². The molecule has 2 fully saturated rings. The zero-order chi connectivity index (χ0) is 16.3. The van der Waals surface area contributed by atoms with Crippen LogP contribution in [-0.4, -0.2) is 29.8 Å². The zero-order valence-electron chi connectivity index (χ0n) is 13.0. The molecule has 2 heterocycles. The predicted octanol–water partition coefficient (Wildman–Crippen LogP) is 2.23. The van der Waals surface area contributed by atoms with Gasteiger partial charge in [0.25, 0.3) is 5.91 Å². The van der Waals surface area contributed by atoms with Gasteiger partial charge in [0.05, 0.1) is 6.26 Å². The van der Waals surface area contributed by atoms with Crippen LogP contribution >= 0.6 is 0 Å². The van der Waals surface area contributed by atoms with Gasteiger partial charge in [0.1, 0.15) is 17.8 Å². The predicted molar refractivity (Wildman–Crippen MR) is 80.7 cm³/mol. The molecule has 1 amide bonds. The van der Waals surface area contributed by atoms with Gasteiger partial charge >= 0.3 is 5.97 Å². The summed E-state index contributed by atoms with van der Waals surface area (Å²) in [7, 11) is 0. The number of hydrogen-bond donors (Lipinski definition) is 1. The molecule has 2 aliphatic rings. The number of rotatable bonds is 5. The molecule has 0 radical (unpaired) electrons. The number of esters is 1. The summed E-state index contributed by atoms with van der Waals surface area (Å²) >= 11 is 0. The Balaban J connectivity index is 1.65. The molecule has 1 N–H and O–H groups in total. The van der Waals surface area contributed by atoms with Gasteiger partial charge in [-0.05, 0) is 30.9 Å². The van der Waals surface area contributed by atoms with Crippen molar-refractivity contribution in [1.29, 1.82) is 0 Å². The lowest BCUT2D eigenvalue weighted by Crippen LogP contribution is -2.49. The molecule has 124 valence electrons. The average molecular weight is 319 g/mol. The first kappa shape index (κ1) is 15.8. The van der Waals surface area contributed by atoms with Crippen molar-refractivity contribution < 1.29 is 23.5 Å². The van der Waals surface area contributed by atoms with E-state index in [2.05, 4.69) is 5.32 Å². The van der Waals surface area contributed by atoms with Crippen LogP contribution in [0.4, 0.5) is 0 Å². The maximum Gasteiger partial charge on any atom is 0.313 e. The van der Waals surface area contributed by atoms with Gasteiger partial charge in [-0.1, -0.05) is 12.8 Å². The van der Waals surface area contributed by atoms with E-state index >= 15 is 0 Å². The topological polar surface area (TPSA) is 85.6 Å². The lowest BCUT2D eigenvalue weighted by Gasteiger charge is -2.40. The quantitative estimate of drug-likeness (QED) is 0.664.